The van der Waals surface area contributed by atoms with E-state index in [1.165, 1.54) is 6.42 Å². The Morgan fingerprint density at radius 2 is 1.95 bits per heavy atom. The SMILES string of the molecule is CS[C@H]1CC[C@@H](N(C)C(=O)COc2cc(C)cc(C)c2)C1. The van der Waals surface area contributed by atoms with Gasteiger partial charge in [0.15, 0.2) is 6.61 Å². The molecule has 1 aliphatic carbocycles. The van der Waals surface area contributed by atoms with Crippen molar-refractivity contribution in [2.24, 2.45) is 0 Å². The minimum absolute atomic E-state index is 0.0703. The van der Waals surface area contributed by atoms with Crippen LogP contribution in [0.2, 0.25) is 0 Å². The minimum atomic E-state index is 0.0703. The van der Waals surface area contributed by atoms with Gasteiger partial charge in [-0.3, -0.25) is 4.79 Å². The summed E-state index contributed by atoms with van der Waals surface area (Å²) < 4.78 is 5.67. The first-order valence-electron chi connectivity index (χ1n) is 7.49. The lowest BCUT2D eigenvalue weighted by molar-refractivity contribution is -0.134. The molecule has 0 aliphatic heterocycles. The van der Waals surface area contributed by atoms with Gasteiger partial charge in [0.25, 0.3) is 5.91 Å². The van der Waals surface area contributed by atoms with E-state index in [4.69, 9.17) is 4.74 Å². The zero-order valence-electron chi connectivity index (χ0n) is 13.4. The first-order chi connectivity index (χ1) is 9.99. The Morgan fingerprint density at radius 1 is 1.29 bits per heavy atom. The molecule has 116 valence electrons. The van der Waals surface area contributed by atoms with Crippen LogP contribution < -0.4 is 4.74 Å². The zero-order chi connectivity index (χ0) is 15.4. The molecule has 2 rings (SSSR count). The van der Waals surface area contributed by atoms with Crippen molar-refractivity contribution < 1.29 is 9.53 Å². The van der Waals surface area contributed by atoms with Crippen molar-refractivity contribution in [3.63, 3.8) is 0 Å². The van der Waals surface area contributed by atoms with Gasteiger partial charge in [-0.25, -0.2) is 0 Å². The third kappa shape index (κ3) is 4.40. The van der Waals surface area contributed by atoms with Crippen LogP contribution in [0.3, 0.4) is 0 Å². The summed E-state index contributed by atoms with van der Waals surface area (Å²) in [6.07, 6.45) is 5.57. The maximum atomic E-state index is 12.3. The molecule has 0 saturated heterocycles. The van der Waals surface area contributed by atoms with Crippen LogP contribution in [-0.2, 0) is 4.79 Å². The van der Waals surface area contributed by atoms with Crippen molar-refractivity contribution in [3.05, 3.63) is 29.3 Å². The molecule has 2 atom stereocenters. The zero-order valence-corrected chi connectivity index (χ0v) is 14.2. The van der Waals surface area contributed by atoms with E-state index in [9.17, 15) is 4.79 Å². The number of aryl methyl sites for hydroxylation is 2. The quantitative estimate of drug-likeness (QED) is 0.835. The van der Waals surface area contributed by atoms with Gasteiger partial charge in [0.2, 0.25) is 0 Å². The molecule has 1 amide bonds. The number of carbonyl (C=O) groups excluding carboxylic acids is 1. The number of carbonyl (C=O) groups is 1. The van der Waals surface area contributed by atoms with Gasteiger partial charge in [-0.1, -0.05) is 6.07 Å². The molecule has 1 aliphatic rings. The van der Waals surface area contributed by atoms with Crippen LogP contribution in [0.25, 0.3) is 0 Å². The molecule has 0 N–H and O–H groups in total. The fraction of sp³-hybridized carbons (Fsp3) is 0.588. The Kier molecular flexibility index (Phi) is 5.57. The number of ether oxygens (including phenoxy) is 1. The molecule has 3 nitrogen and oxygen atoms in total. The van der Waals surface area contributed by atoms with Gasteiger partial charge in [0.05, 0.1) is 0 Å². The van der Waals surface area contributed by atoms with Gasteiger partial charge in [-0.2, -0.15) is 11.8 Å². The topological polar surface area (TPSA) is 29.5 Å². The second kappa shape index (κ2) is 7.21. The van der Waals surface area contributed by atoms with Crippen molar-refractivity contribution in [3.8, 4) is 5.75 Å². The standard InChI is InChI=1S/C17H25NO2S/c1-12-7-13(2)9-15(8-12)20-11-17(19)18(3)14-5-6-16(10-14)21-4/h7-9,14,16H,5-6,10-11H2,1-4H3/t14-,16+/m1/s1. The van der Waals surface area contributed by atoms with Crippen LogP contribution in [-0.4, -0.2) is 42.0 Å². The van der Waals surface area contributed by atoms with Crippen LogP contribution in [0.4, 0.5) is 0 Å². The summed E-state index contributed by atoms with van der Waals surface area (Å²) in [6, 6.07) is 6.42. The van der Waals surface area contributed by atoms with Crippen LogP contribution >= 0.6 is 11.8 Å². The largest absolute Gasteiger partial charge is 0.484 e. The molecule has 21 heavy (non-hydrogen) atoms. The predicted molar refractivity (Wildman–Crippen MR) is 89.1 cm³/mol. The number of nitrogens with zero attached hydrogens (tertiary/aromatic N) is 1. The third-order valence-corrected chi connectivity index (χ3v) is 5.28. The molecule has 1 fully saturated rings. The van der Waals surface area contributed by atoms with Crippen molar-refractivity contribution in [2.75, 3.05) is 19.9 Å². The predicted octanol–water partition coefficient (Wildman–Crippen LogP) is 3.42. The van der Waals surface area contributed by atoms with Crippen LogP contribution in [0, 0.1) is 13.8 Å². The monoisotopic (exact) mass is 307 g/mol. The Balaban J connectivity index is 1.86. The molecule has 0 spiro atoms. The summed E-state index contributed by atoms with van der Waals surface area (Å²) in [6.45, 7) is 4.20. The molecular formula is C17H25NO2S. The lowest BCUT2D eigenvalue weighted by Gasteiger charge is -2.24. The molecule has 0 unspecified atom stereocenters. The Labute approximate surface area is 132 Å². The summed E-state index contributed by atoms with van der Waals surface area (Å²) in [5.41, 5.74) is 2.31. The average Bonchev–Trinajstić information content (AvgIpc) is 2.91. The highest BCUT2D eigenvalue weighted by Crippen LogP contribution is 2.30. The van der Waals surface area contributed by atoms with E-state index in [0.29, 0.717) is 11.3 Å². The van der Waals surface area contributed by atoms with Gasteiger partial charge >= 0.3 is 0 Å². The fourth-order valence-electron chi connectivity index (χ4n) is 2.95. The van der Waals surface area contributed by atoms with E-state index in [2.05, 4.69) is 12.3 Å². The maximum Gasteiger partial charge on any atom is 0.260 e. The summed E-state index contributed by atoms with van der Waals surface area (Å²) in [4.78, 5) is 14.1. The van der Waals surface area contributed by atoms with E-state index < -0.39 is 0 Å². The molecule has 0 radical (unpaired) electrons. The average molecular weight is 307 g/mol. The van der Waals surface area contributed by atoms with Crippen molar-refractivity contribution in [1.82, 2.24) is 4.90 Å². The number of thioether (sulfide) groups is 1. The summed E-state index contributed by atoms with van der Waals surface area (Å²) in [5, 5.41) is 0.700. The number of amides is 1. The first kappa shape index (κ1) is 16.2. The van der Waals surface area contributed by atoms with Crippen LogP contribution in [0.5, 0.6) is 5.75 Å². The highest BCUT2D eigenvalue weighted by molar-refractivity contribution is 7.99. The highest BCUT2D eigenvalue weighted by atomic mass is 32.2. The van der Waals surface area contributed by atoms with E-state index in [1.807, 2.05) is 49.7 Å². The molecule has 1 aromatic rings. The van der Waals surface area contributed by atoms with Gasteiger partial charge in [0, 0.05) is 18.3 Å². The number of hydrogen-bond acceptors (Lipinski definition) is 3. The van der Waals surface area contributed by atoms with Gasteiger partial charge in [-0.15, -0.1) is 0 Å². The third-order valence-electron chi connectivity index (χ3n) is 4.19. The minimum Gasteiger partial charge on any atom is -0.484 e. The first-order valence-corrected chi connectivity index (χ1v) is 8.78. The van der Waals surface area contributed by atoms with Crippen molar-refractivity contribution in [1.29, 1.82) is 0 Å². The Hall–Kier alpha value is -1.16. The van der Waals surface area contributed by atoms with E-state index in [-0.39, 0.29) is 12.5 Å². The highest BCUT2D eigenvalue weighted by Gasteiger charge is 2.29. The smallest absolute Gasteiger partial charge is 0.260 e. The molecule has 0 aromatic heterocycles. The van der Waals surface area contributed by atoms with Gasteiger partial charge in [0.1, 0.15) is 5.75 Å². The van der Waals surface area contributed by atoms with Crippen molar-refractivity contribution in [2.45, 2.75) is 44.4 Å². The van der Waals surface area contributed by atoms with Crippen LogP contribution in [0.1, 0.15) is 30.4 Å². The van der Waals surface area contributed by atoms with E-state index in [0.717, 1.165) is 29.7 Å². The number of rotatable bonds is 5. The van der Waals surface area contributed by atoms with Crippen LogP contribution in [0.15, 0.2) is 18.2 Å². The number of likely N-dealkylation sites (N-methyl/N-ethyl adjacent to an activating group) is 1. The van der Waals surface area contributed by atoms with Crippen molar-refractivity contribution >= 4 is 17.7 Å². The van der Waals surface area contributed by atoms with E-state index >= 15 is 0 Å². The van der Waals surface area contributed by atoms with Gasteiger partial charge < -0.3 is 9.64 Å². The van der Waals surface area contributed by atoms with E-state index in [1.54, 1.807) is 0 Å². The summed E-state index contributed by atoms with van der Waals surface area (Å²) >= 11 is 1.91. The molecule has 1 aromatic carbocycles. The number of benzene rings is 1. The molecule has 1 saturated carbocycles. The second-order valence-corrected chi connectivity index (χ2v) is 7.08. The fourth-order valence-corrected chi connectivity index (χ4v) is 3.74. The van der Waals surface area contributed by atoms with Gasteiger partial charge in [-0.05, 0) is 62.6 Å². The lowest BCUT2D eigenvalue weighted by Crippen LogP contribution is -2.38. The lowest BCUT2D eigenvalue weighted by atomic mass is 10.1. The Bertz CT molecular complexity index is 483. The maximum absolute atomic E-state index is 12.3. The summed E-state index contributed by atoms with van der Waals surface area (Å²) in [5.74, 6) is 0.851. The molecular weight excluding hydrogens is 282 g/mol. The summed E-state index contributed by atoms with van der Waals surface area (Å²) in [7, 11) is 1.90. The molecule has 4 heteroatoms. The number of hydrogen-bond donors (Lipinski definition) is 0. The normalized spacial score (nSPS) is 21.3. The molecule has 0 heterocycles. The Morgan fingerprint density at radius 3 is 2.52 bits per heavy atom. The molecule has 0 bridgehead atoms. The second-order valence-electron chi connectivity index (χ2n) is 5.94.